The first kappa shape index (κ1) is 26.7. The molecule has 1 aliphatic carbocycles. The molecule has 1 aliphatic rings. The Morgan fingerprint density at radius 2 is 1.62 bits per heavy atom. The molecule has 0 radical (unpaired) electrons. The highest BCUT2D eigenvalue weighted by atomic mass is 16.3. The van der Waals surface area contributed by atoms with Crippen LogP contribution in [0.25, 0.3) is 6.08 Å². The fraction of sp³-hybridized carbons (Fsp3) is 0.548. The van der Waals surface area contributed by atoms with Crippen molar-refractivity contribution in [3.8, 4) is 0 Å². The maximum absolute atomic E-state index is 10.4. The molecule has 1 fully saturated rings. The van der Waals surface area contributed by atoms with Crippen molar-refractivity contribution in [3.05, 3.63) is 75.9 Å². The van der Waals surface area contributed by atoms with Gasteiger partial charge >= 0.3 is 0 Å². The van der Waals surface area contributed by atoms with Crippen molar-refractivity contribution in [2.75, 3.05) is 0 Å². The first-order valence-corrected chi connectivity index (χ1v) is 13.0. The molecule has 0 amide bonds. The third-order valence-corrected chi connectivity index (χ3v) is 7.80. The van der Waals surface area contributed by atoms with Gasteiger partial charge in [0.1, 0.15) is 0 Å². The number of aliphatic hydroxyl groups excluding tert-OH is 3. The van der Waals surface area contributed by atoms with Gasteiger partial charge in [0.05, 0.1) is 19.3 Å². The molecule has 2 aromatic carbocycles. The summed E-state index contributed by atoms with van der Waals surface area (Å²) in [6.07, 6.45) is 12.9. The van der Waals surface area contributed by atoms with Crippen LogP contribution in [0.2, 0.25) is 0 Å². The van der Waals surface area contributed by atoms with Gasteiger partial charge in [0.15, 0.2) is 0 Å². The van der Waals surface area contributed by atoms with Crippen molar-refractivity contribution in [1.29, 1.82) is 0 Å². The van der Waals surface area contributed by atoms with Crippen LogP contribution in [0.5, 0.6) is 0 Å². The van der Waals surface area contributed by atoms with Gasteiger partial charge in [0.25, 0.3) is 0 Å². The molecule has 3 rings (SSSR count). The van der Waals surface area contributed by atoms with Crippen molar-refractivity contribution in [2.45, 2.75) is 104 Å². The average molecular weight is 465 g/mol. The fourth-order valence-corrected chi connectivity index (χ4v) is 5.32. The minimum atomic E-state index is -0.470. The molecule has 0 aliphatic heterocycles. The van der Waals surface area contributed by atoms with Gasteiger partial charge in [0.2, 0.25) is 0 Å². The largest absolute Gasteiger partial charge is 0.392 e. The molecule has 1 atom stereocenters. The second-order valence-corrected chi connectivity index (χ2v) is 11.2. The van der Waals surface area contributed by atoms with Gasteiger partial charge in [-0.3, -0.25) is 0 Å². The fourth-order valence-electron chi connectivity index (χ4n) is 5.32. The summed E-state index contributed by atoms with van der Waals surface area (Å²) < 4.78 is 0. The Labute approximate surface area is 206 Å². The predicted octanol–water partition coefficient (Wildman–Crippen LogP) is 6.49. The van der Waals surface area contributed by atoms with E-state index in [1.54, 1.807) is 0 Å². The SMILES string of the molecule is CCc1cc(C2(CCc3ccc(CO)c(CO)c3)CCCCC2)ccc1C=CC(O)C(C)(C)C. The molecule has 186 valence electrons. The van der Waals surface area contributed by atoms with Crippen LogP contribution >= 0.6 is 0 Å². The van der Waals surface area contributed by atoms with E-state index in [4.69, 9.17) is 0 Å². The molecule has 0 aromatic heterocycles. The highest BCUT2D eigenvalue weighted by Gasteiger charge is 2.34. The van der Waals surface area contributed by atoms with Gasteiger partial charge < -0.3 is 15.3 Å². The van der Waals surface area contributed by atoms with E-state index in [1.165, 1.54) is 54.4 Å². The van der Waals surface area contributed by atoms with E-state index in [0.717, 1.165) is 30.4 Å². The van der Waals surface area contributed by atoms with Crippen molar-refractivity contribution in [3.63, 3.8) is 0 Å². The van der Waals surface area contributed by atoms with Gasteiger partial charge in [-0.2, -0.15) is 0 Å². The lowest BCUT2D eigenvalue weighted by molar-refractivity contribution is 0.106. The second kappa shape index (κ2) is 11.7. The molecule has 34 heavy (non-hydrogen) atoms. The van der Waals surface area contributed by atoms with Gasteiger partial charge in [-0.25, -0.2) is 0 Å². The Hall–Kier alpha value is -1.94. The lowest BCUT2D eigenvalue weighted by atomic mass is 9.66. The molecule has 3 heteroatoms. The molecule has 0 heterocycles. The minimum absolute atomic E-state index is 0.0341. The van der Waals surface area contributed by atoms with E-state index in [0.29, 0.717) is 0 Å². The number of rotatable bonds is 9. The Balaban J connectivity index is 1.86. The van der Waals surface area contributed by atoms with Gasteiger partial charge in [-0.15, -0.1) is 0 Å². The monoisotopic (exact) mass is 464 g/mol. The number of aryl methyl sites for hydroxylation is 2. The van der Waals surface area contributed by atoms with E-state index >= 15 is 0 Å². The molecule has 1 unspecified atom stereocenters. The topological polar surface area (TPSA) is 60.7 Å². The van der Waals surface area contributed by atoms with Crippen LogP contribution in [0.4, 0.5) is 0 Å². The Kier molecular flexibility index (Phi) is 9.14. The quantitative estimate of drug-likeness (QED) is 0.397. The second-order valence-electron chi connectivity index (χ2n) is 11.2. The maximum Gasteiger partial charge on any atom is 0.0772 e. The minimum Gasteiger partial charge on any atom is -0.392 e. The number of hydrogen-bond donors (Lipinski definition) is 3. The summed E-state index contributed by atoms with van der Waals surface area (Å²) in [7, 11) is 0. The standard InChI is InChI=1S/C31H44O3/c1-5-24-20-28(13-11-25(24)12-14-29(34)30(2,3)4)31(16-7-6-8-17-31)18-15-23-9-10-26(21-32)27(19-23)22-33/h9-14,19-20,29,32-34H,5-8,15-18,21-22H2,1-4H3. The zero-order valence-electron chi connectivity index (χ0n) is 21.6. The van der Waals surface area contributed by atoms with Crippen molar-refractivity contribution < 1.29 is 15.3 Å². The summed E-state index contributed by atoms with van der Waals surface area (Å²) in [5.41, 5.74) is 6.89. The van der Waals surface area contributed by atoms with E-state index in [1.807, 2.05) is 12.1 Å². The molecule has 0 spiro atoms. The molecule has 3 N–H and O–H groups in total. The van der Waals surface area contributed by atoms with Crippen molar-refractivity contribution >= 4 is 6.08 Å². The first-order valence-electron chi connectivity index (χ1n) is 13.0. The maximum atomic E-state index is 10.4. The van der Waals surface area contributed by atoms with E-state index in [-0.39, 0.29) is 24.0 Å². The van der Waals surface area contributed by atoms with Crippen LogP contribution in [0.15, 0.2) is 42.5 Å². The predicted molar refractivity (Wildman–Crippen MR) is 142 cm³/mol. The number of aliphatic hydroxyl groups is 3. The van der Waals surface area contributed by atoms with E-state index in [9.17, 15) is 15.3 Å². The summed E-state index contributed by atoms with van der Waals surface area (Å²) in [5, 5.41) is 29.6. The summed E-state index contributed by atoms with van der Waals surface area (Å²) >= 11 is 0. The van der Waals surface area contributed by atoms with Crippen molar-refractivity contribution in [2.24, 2.45) is 5.41 Å². The average Bonchev–Trinajstić information content (AvgIpc) is 2.85. The van der Waals surface area contributed by atoms with E-state index in [2.05, 4.69) is 64.1 Å². The zero-order chi connectivity index (χ0) is 24.8. The van der Waals surface area contributed by atoms with Gasteiger partial charge in [-0.1, -0.05) is 95.5 Å². The summed E-state index contributed by atoms with van der Waals surface area (Å²) in [5.74, 6) is 0. The van der Waals surface area contributed by atoms with Crippen LogP contribution < -0.4 is 0 Å². The smallest absolute Gasteiger partial charge is 0.0772 e. The first-order chi connectivity index (χ1) is 16.2. The molecule has 1 saturated carbocycles. The summed E-state index contributed by atoms with van der Waals surface area (Å²) in [6.45, 7) is 8.31. The summed E-state index contributed by atoms with van der Waals surface area (Å²) in [4.78, 5) is 0. The number of hydrogen-bond acceptors (Lipinski definition) is 3. The van der Waals surface area contributed by atoms with Crippen LogP contribution in [0, 0.1) is 5.41 Å². The van der Waals surface area contributed by atoms with Crippen LogP contribution in [0.3, 0.4) is 0 Å². The summed E-state index contributed by atoms with van der Waals surface area (Å²) in [6, 6.07) is 13.1. The number of benzene rings is 2. The molecular formula is C31H44O3. The van der Waals surface area contributed by atoms with E-state index < -0.39 is 6.10 Å². The lowest BCUT2D eigenvalue weighted by Gasteiger charge is -2.39. The van der Waals surface area contributed by atoms with Gasteiger partial charge in [0, 0.05) is 0 Å². The molecule has 3 nitrogen and oxygen atoms in total. The Morgan fingerprint density at radius 1 is 0.912 bits per heavy atom. The normalized spacial score (nSPS) is 17.3. The third kappa shape index (κ3) is 6.38. The molecule has 0 saturated heterocycles. The molecular weight excluding hydrogens is 420 g/mol. The highest BCUT2D eigenvalue weighted by molar-refractivity contribution is 5.56. The molecule has 2 aromatic rings. The Bertz CT molecular complexity index is 961. The van der Waals surface area contributed by atoms with Gasteiger partial charge in [-0.05, 0) is 76.3 Å². The zero-order valence-corrected chi connectivity index (χ0v) is 21.6. The highest BCUT2D eigenvalue weighted by Crippen LogP contribution is 2.43. The van der Waals surface area contributed by atoms with Crippen molar-refractivity contribution in [1.82, 2.24) is 0 Å². The van der Waals surface area contributed by atoms with Crippen LogP contribution in [-0.4, -0.2) is 21.4 Å². The van der Waals surface area contributed by atoms with Crippen LogP contribution in [-0.2, 0) is 31.5 Å². The molecule has 0 bridgehead atoms. The lowest BCUT2D eigenvalue weighted by Crippen LogP contribution is -2.30. The third-order valence-electron chi connectivity index (χ3n) is 7.80. The Morgan fingerprint density at radius 3 is 2.24 bits per heavy atom. The van der Waals surface area contributed by atoms with Crippen LogP contribution in [0.1, 0.15) is 99.6 Å².